The van der Waals surface area contributed by atoms with E-state index in [2.05, 4.69) is 15.1 Å². The summed E-state index contributed by atoms with van der Waals surface area (Å²) >= 11 is 5.74. The third kappa shape index (κ3) is 2.66. The third-order valence-electron chi connectivity index (χ3n) is 2.83. The molecule has 2 aromatic heterocycles. The van der Waals surface area contributed by atoms with Crippen LogP contribution in [0.1, 0.15) is 10.4 Å². The molecule has 7 heteroatoms. The summed E-state index contributed by atoms with van der Waals surface area (Å²) in [5.74, 6) is 0.0832. The minimum Gasteiger partial charge on any atom is -0.298 e. The van der Waals surface area contributed by atoms with Crippen LogP contribution in [-0.2, 0) is 0 Å². The van der Waals surface area contributed by atoms with E-state index < -0.39 is 0 Å². The lowest BCUT2D eigenvalue weighted by Gasteiger charge is -2.00. The standard InChI is InChI=1S/C14H8ClFN4O/c15-14-17-6-5-12(18-14)20-7-10(8-21)13(19-20)9-1-3-11(16)4-2-9/h1-8H. The average Bonchev–Trinajstić information content (AvgIpc) is 2.92. The lowest BCUT2D eigenvalue weighted by Crippen LogP contribution is -1.99. The number of carbonyl (C=O) groups is 1. The van der Waals surface area contributed by atoms with Gasteiger partial charge in [-0.2, -0.15) is 10.1 Å². The molecule has 0 aliphatic rings. The van der Waals surface area contributed by atoms with Gasteiger partial charge in [0.1, 0.15) is 11.5 Å². The molecular formula is C14H8ClFN4O. The molecule has 0 N–H and O–H groups in total. The average molecular weight is 303 g/mol. The Bertz CT molecular complexity index is 801. The van der Waals surface area contributed by atoms with E-state index >= 15 is 0 Å². The van der Waals surface area contributed by atoms with Crippen LogP contribution in [0.4, 0.5) is 4.39 Å². The smallest absolute Gasteiger partial charge is 0.224 e. The zero-order chi connectivity index (χ0) is 14.8. The van der Waals surface area contributed by atoms with Crippen molar-refractivity contribution >= 4 is 17.9 Å². The molecule has 5 nitrogen and oxygen atoms in total. The summed E-state index contributed by atoms with van der Waals surface area (Å²) in [6, 6.07) is 7.35. The highest BCUT2D eigenvalue weighted by Gasteiger charge is 2.12. The Labute approximate surface area is 124 Å². The highest BCUT2D eigenvalue weighted by molar-refractivity contribution is 6.28. The highest BCUT2D eigenvalue weighted by atomic mass is 35.5. The molecule has 0 aliphatic heterocycles. The predicted octanol–water partition coefficient (Wildman–Crippen LogP) is 2.93. The molecular weight excluding hydrogens is 295 g/mol. The molecule has 104 valence electrons. The minimum absolute atomic E-state index is 0.0824. The number of hydrogen-bond acceptors (Lipinski definition) is 4. The van der Waals surface area contributed by atoms with Crippen molar-refractivity contribution in [3.05, 3.63) is 59.4 Å². The molecule has 0 spiro atoms. The molecule has 3 rings (SSSR count). The fraction of sp³-hybridized carbons (Fsp3) is 0. The first-order chi connectivity index (χ1) is 10.2. The van der Waals surface area contributed by atoms with E-state index in [9.17, 15) is 9.18 Å². The van der Waals surface area contributed by atoms with Crippen molar-refractivity contribution in [2.45, 2.75) is 0 Å². The van der Waals surface area contributed by atoms with E-state index in [0.29, 0.717) is 28.9 Å². The molecule has 0 fully saturated rings. The van der Waals surface area contributed by atoms with Gasteiger partial charge in [0.2, 0.25) is 5.28 Å². The first kappa shape index (κ1) is 13.4. The van der Waals surface area contributed by atoms with Crippen molar-refractivity contribution in [1.29, 1.82) is 0 Å². The highest BCUT2D eigenvalue weighted by Crippen LogP contribution is 2.22. The molecule has 0 saturated carbocycles. The van der Waals surface area contributed by atoms with Crippen molar-refractivity contribution in [2.24, 2.45) is 0 Å². The van der Waals surface area contributed by atoms with Crippen LogP contribution in [0, 0.1) is 5.82 Å². The van der Waals surface area contributed by atoms with Crippen LogP contribution < -0.4 is 0 Å². The lowest BCUT2D eigenvalue weighted by atomic mass is 10.1. The van der Waals surface area contributed by atoms with E-state index in [-0.39, 0.29) is 11.1 Å². The Hall–Kier alpha value is -2.60. The number of halogens is 2. The number of rotatable bonds is 3. The molecule has 0 saturated heterocycles. The van der Waals surface area contributed by atoms with Crippen LogP contribution in [0.3, 0.4) is 0 Å². The summed E-state index contributed by atoms with van der Waals surface area (Å²) in [5, 5.41) is 4.39. The number of benzene rings is 1. The molecule has 1 aromatic carbocycles. The second-order valence-corrected chi connectivity index (χ2v) is 4.52. The Kier molecular flexibility index (Phi) is 3.45. The fourth-order valence-electron chi connectivity index (χ4n) is 1.88. The normalized spacial score (nSPS) is 10.6. The molecule has 0 aliphatic carbocycles. The largest absolute Gasteiger partial charge is 0.298 e. The molecule has 0 atom stereocenters. The predicted molar refractivity (Wildman–Crippen MR) is 74.9 cm³/mol. The van der Waals surface area contributed by atoms with Crippen molar-refractivity contribution in [3.8, 4) is 17.1 Å². The number of aldehydes is 1. The van der Waals surface area contributed by atoms with Gasteiger partial charge in [0, 0.05) is 24.0 Å². The monoisotopic (exact) mass is 302 g/mol. The quantitative estimate of drug-likeness (QED) is 0.551. The first-order valence-electron chi connectivity index (χ1n) is 5.97. The summed E-state index contributed by atoms with van der Waals surface area (Å²) in [6.07, 6.45) is 3.71. The summed E-state index contributed by atoms with van der Waals surface area (Å²) in [6.45, 7) is 0. The van der Waals surface area contributed by atoms with E-state index in [1.807, 2.05) is 0 Å². The summed E-state index contributed by atoms with van der Waals surface area (Å²) in [7, 11) is 0. The van der Waals surface area contributed by atoms with Crippen molar-refractivity contribution in [2.75, 3.05) is 0 Å². The molecule has 0 bridgehead atoms. The van der Waals surface area contributed by atoms with E-state index in [1.165, 1.54) is 29.2 Å². The number of nitrogens with zero attached hydrogens (tertiary/aromatic N) is 4. The van der Waals surface area contributed by atoms with Crippen LogP contribution >= 0.6 is 11.6 Å². The minimum atomic E-state index is -0.353. The van der Waals surface area contributed by atoms with Crippen molar-refractivity contribution in [1.82, 2.24) is 19.7 Å². The first-order valence-corrected chi connectivity index (χ1v) is 6.35. The molecule has 0 unspecified atom stereocenters. The van der Waals surface area contributed by atoms with Crippen LogP contribution in [-0.4, -0.2) is 26.0 Å². The van der Waals surface area contributed by atoms with Crippen LogP contribution in [0.15, 0.2) is 42.7 Å². The Morgan fingerprint density at radius 3 is 2.62 bits per heavy atom. The number of hydrogen-bond donors (Lipinski definition) is 0. The maximum absolute atomic E-state index is 13.0. The second kappa shape index (κ2) is 5.41. The van der Waals surface area contributed by atoms with Gasteiger partial charge in [-0.1, -0.05) is 0 Å². The summed E-state index contributed by atoms with van der Waals surface area (Å²) < 4.78 is 14.4. The van der Waals surface area contributed by atoms with Crippen LogP contribution in [0.2, 0.25) is 5.28 Å². The van der Waals surface area contributed by atoms with E-state index in [1.54, 1.807) is 18.2 Å². The van der Waals surface area contributed by atoms with Crippen LogP contribution in [0.25, 0.3) is 17.1 Å². The van der Waals surface area contributed by atoms with Gasteiger partial charge in [-0.05, 0) is 35.9 Å². The van der Waals surface area contributed by atoms with E-state index in [0.717, 1.165) is 0 Å². The number of carbonyl (C=O) groups excluding carboxylic acids is 1. The van der Waals surface area contributed by atoms with Crippen molar-refractivity contribution < 1.29 is 9.18 Å². The van der Waals surface area contributed by atoms with Gasteiger partial charge in [0.15, 0.2) is 12.1 Å². The lowest BCUT2D eigenvalue weighted by molar-refractivity contribution is 0.112. The Morgan fingerprint density at radius 2 is 1.95 bits per heavy atom. The van der Waals surface area contributed by atoms with Gasteiger partial charge < -0.3 is 0 Å². The van der Waals surface area contributed by atoms with E-state index in [4.69, 9.17) is 11.6 Å². The van der Waals surface area contributed by atoms with Gasteiger partial charge in [0.25, 0.3) is 0 Å². The molecule has 3 aromatic rings. The maximum Gasteiger partial charge on any atom is 0.224 e. The van der Waals surface area contributed by atoms with Gasteiger partial charge in [0.05, 0.1) is 5.56 Å². The SMILES string of the molecule is O=Cc1cn(-c2ccnc(Cl)n2)nc1-c1ccc(F)cc1. The summed E-state index contributed by atoms with van der Waals surface area (Å²) in [4.78, 5) is 19.0. The second-order valence-electron chi connectivity index (χ2n) is 4.19. The third-order valence-corrected chi connectivity index (χ3v) is 3.02. The number of aromatic nitrogens is 4. The van der Waals surface area contributed by atoms with Crippen molar-refractivity contribution in [3.63, 3.8) is 0 Å². The van der Waals surface area contributed by atoms with Gasteiger partial charge in [-0.15, -0.1) is 0 Å². The zero-order valence-electron chi connectivity index (χ0n) is 10.6. The fourth-order valence-corrected chi connectivity index (χ4v) is 2.02. The Morgan fingerprint density at radius 1 is 1.19 bits per heavy atom. The molecule has 0 radical (unpaired) electrons. The molecule has 21 heavy (non-hydrogen) atoms. The molecule has 2 heterocycles. The molecule has 0 amide bonds. The van der Waals surface area contributed by atoms with Gasteiger partial charge in [-0.25, -0.2) is 14.1 Å². The van der Waals surface area contributed by atoms with Crippen LogP contribution in [0.5, 0.6) is 0 Å². The topological polar surface area (TPSA) is 60.7 Å². The Balaban J connectivity index is 2.10. The summed E-state index contributed by atoms with van der Waals surface area (Å²) in [5.41, 5.74) is 1.45. The maximum atomic E-state index is 13.0. The van der Waals surface area contributed by atoms with Gasteiger partial charge in [-0.3, -0.25) is 4.79 Å². The van der Waals surface area contributed by atoms with Gasteiger partial charge >= 0.3 is 0 Å². The zero-order valence-corrected chi connectivity index (χ0v) is 11.3.